The summed E-state index contributed by atoms with van der Waals surface area (Å²) in [6.45, 7) is 49.2. The van der Waals surface area contributed by atoms with Crippen LogP contribution in [-0.2, 0) is 57.4 Å². The molecule has 5 heterocycles. The van der Waals surface area contributed by atoms with Crippen molar-refractivity contribution >= 4 is 54.5 Å². The summed E-state index contributed by atoms with van der Waals surface area (Å²) in [5, 5.41) is 8.35. The molecule has 0 aliphatic carbocycles. The summed E-state index contributed by atoms with van der Waals surface area (Å²) in [6.07, 6.45) is 16.7. The summed E-state index contributed by atoms with van der Waals surface area (Å²) >= 11 is 0. The van der Waals surface area contributed by atoms with Crippen LogP contribution in [0.25, 0.3) is 0 Å². The van der Waals surface area contributed by atoms with E-state index in [4.69, 9.17) is 43.0 Å². The second-order valence-electron chi connectivity index (χ2n) is 27.8. The lowest BCUT2D eigenvalue weighted by atomic mass is 9.84. The number of alkyl carbamates (subject to hydrolysis) is 3. The van der Waals surface area contributed by atoms with Gasteiger partial charge in [-0.1, -0.05) is 120 Å². The zero-order chi connectivity index (χ0) is 65.0. The van der Waals surface area contributed by atoms with Crippen molar-refractivity contribution in [1.82, 2.24) is 30.7 Å². The number of nitrogens with one attached hydrogen (secondary N) is 3. The third-order valence-corrected chi connectivity index (χ3v) is 14.4. The topological polar surface area (TPSA) is 278 Å². The molecule has 83 heavy (non-hydrogen) atoms. The van der Waals surface area contributed by atoms with Gasteiger partial charge >= 0.3 is 36.7 Å². The number of rotatable bonds is 7. The molecule has 21 nitrogen and oxygen atoms in total. The number of hydrogen-bond donors (Lipinski definition) is 3. The van der Waals surface area contributed by atoms with Crippen LogP contribution >= 0.6 is 0 Å². The van der Waals surface area contributed by atoms with Crippen LogP contribution < -0.4 is 16.0 Å². The Kier molecular flexibility index (Phi) is 29.8. The van der Waals surface area contributed by atoms with Crippen molar-refractivity contribution in [1.29, 1.82) is 0 Å². The van der Waals surface area contributed by atoms with Crippen molar-refractivity contribution < 1.29 is 71.7 Å². The van der Waals surface area contributed by atoms with Crippen LogP contribution in [0.15, 0.2) is 49.6 Å². The first-order valence-corrected chi connectivity index (χ1v) is 28.4. The number of carbonyl (C=O) groups excluding carboxylic acids is 12. The summed E-state index contributed by atoms with van der Waals surface area (Å²) in [6, 6.07) is -1.16. The molecule has 0 saturated carbocycles. The van der Waals surface area contributed by atoms with E-state index in [9.17, 15) is 28.8 Å². The highest BCUT2D eigenvalue weighted by atomic mass is 16.6. The van der Waals surface area contributed by atoms with E-state index in [0.717, 1.165) is 38.5 Å². The number of ether oxygens (including phenoxy) is 3. The summed E-state index contributed by atoms with van der Waals surface area (Å²) in [5.74, 6) is -0.443. The number of carbonyl (C=O) groups is 6. The molecule has 3 fully saturated rings. The summed E-state index contributed by atoms with van der Waals surface area (Å²) in [4.78, 5) is 131. The Labute approximate surface area is 493 Å². The minimum absolute atomic E-state index is 0.000726. The Balaban J connectivity index is 0.00000113. The van der Waals surface area contributed by atoms with Crippen molar-refractivity contribution in [2.45, 2.75) is 255 Å². The first-order valence-electron chi connectivity index (χ1n) is 28.4. The van der Waals surface area contributed by atoms with Gasteiger partial charge < -0.3 is 44.9 Å². The molecule has 2 unspecified atom stereocenters. The standard InChI is InChI=1S/C21H36N2O3.2C19H32N2O3.3CO2/c1-10-14(3)17(22-19(25)26-21(7,8)9)18(24)23-15(11-2)12-13-16(23)20(4,5)6;2*1-12-8-9-13-10-11-14(18(2,3)4)21(13)16(22)15(12)20-17(23)24-19(5,6)7;3*2-1-3/h10-11,14-17H,1-2,12-13H2,3-9H3,(H,22,25);2*8-9,12-15H,10-11H2,1-7H3,(H,20,23);;;/t14?,15-,16-,17?;12-,13+,14+,15+;12-,13-,14-,15+;;;/m010.../s1. The van der Waals surface area contributed by atoms with Crippen molar-refractivity contribution in [2.24, 2.45) is 34.0 Å². The van der Waals surface area contributed by atoms with Crippen LogP contribution in [0, 0.1) is 34.0 Å². The Morgan fingerprint density at radius 1 is 0.530 bits per heavy atom. The highest BCUT2D eigenvalue weighted by Crippen LogP contribution is 2.41. The number of hydrogen-bond acceptors (Lipinski definition) is 15. The lowest BCUT2D eigenvalue weighted by Gasteiger charge is -2.40. The second-order valence-corrected chi connectivity index (χ2v) is 27.8. The Bertz CT molecular complexity index is 2230. The molecule has 3 saturated heterocycles. The van der Waals surface area contributed by atoms with Crippen molar-refractivity contribution in [3.8, 4) is 0 Å². The predicted molar refractivity (Wildman–Crippen MR) is 310 cm³/mol. The molecular formula is C62H100N6O15. The van der Waals surface area contributed by atoms with Gasteiger partial charge in [-0.3, -0.25) is 14.4 Å². The fourth-order valence-corrected chi connectivity index (χ4v) is 10.6. The molecule has 0 radical (unpaired) electrons. The normalized spacial score (nSPS) is 25.3. The van der Waals surface area contributed by atoms with Crippen LogP contribution in [0.4, 0.5) is 14.4 Å². The maximum absolute atomic E-state index is 13.4. The molecule has 0 aromatic heterocycles. The fraction of sp³-hybridized carbons (Fsp3) is 0.726. The summed E-state index contributed by atoms with van der Waals surface area (Å²) in [5.41, 5.74) is -1.81. The molecule has 21 heteroatoms. The van der Waals surface area contributed by atoms with E-state index < -0.39 is 53.2 Å². The highest BCUT2D eigenvalue weighted by Gasteiger charge is 2.49. The van der Waals surface area contributed by atoms with Gasteiger partial charge in [0.2, 0.25) is 17.7 Å². The zero-order valence-corrected chi connectivity index (χ0v) is 53.5. The summed E-state index contributed by atoms with van der Waals surface area (Å²) < 4.78 is 16.0. The number of fused-ring (bicyclic) bond motifs is 2. The smallest absolute Gasteiger partial charge is 0.408 e. The molecule has 5 aliphatic rings. The van der Waals surface area contributed by atoms with Gasteiger partial charge in [-0.2, -0.15) is 28.8 Å². The van der Waals surface area contributed by atoms with Crippen LogP contribution in [-0.4, -0.2) is 140 Å². The van der Waals surface area contributed by atoms with E-state index in [-0.39, 0.29) is 106 Å². The second kappa shape index (κ2) is 32.4. The molecule has 0 spiro atoms. The third-order valence-electron chi connectivity index (χ3n) is 14.4. The van der Waals surface area contributed by atoms with Gasteiger partial charge in [0.05, 0.1) is 18.1 Å². The van der Waals surface area contributed by atoms with Gasteiger partial charge in [-0.25, -0.2) is 14.4 Å². The number of nitrogens with zero attached hydrogens (tertiary/aromatic N) is 3. The van der Waals surface area contributed by atoms with Gasteiger partial charge in [0.25, 0.3) is 0 Å². The van der Waals surface area contributed by atoms with Gasteiger partial charge in [-0.15, -0.1) is 13.2 Å². The zero-order valence-electron chi connectivity index (χ0n) is 53.5. The van der Waals surface area contributed by atoms with E-state index in [1.165, 1.54) is 0 Å². The summed E-state index contributed by atoms with van der Waals surface area (Å²) in [7, 11) is 0. The SMILES string of the molecule is C=CC(C)C(NC(=O)OC(C)(C)C)C(=O)N1[C@H](C(C)(C)C)CC[C@@H]1C=C.C[C@@H]1C=C[C@H]2CC[C@@H](C(C)(C)C)N2C(=O)[C@H]1NC(=O)OC(C)(C)C.C[C@H]1C=C[C@H]2CC[C@@H](C(C)(C)C)N2C(=O)[C@@H]1NC(=O)OC(C)(C)C.O=C=O.O=C=O.O=C=O. The minimum atomic E-state index is -0.715. The van der Waals surface area contributed by atoms with Crippen molar-refractivity contribution in [2.75, 3.05) is 0 Å². The first-order chi connectivity index (χ1) is 37.9. The van der Waals surface area contributed by atoms with Crippen LogP contribution in [0.2, 0.25) is 0 Å². The van der Waals surface area contributed by atoms with E-state index in [0.29, 0.717) is 0 Å². The van der Waals surface area contributed by atoms with Gasteiger partial charge in [0.1, 0.15) is 34.9 Å². The molecule has 0 aromatic rings. The van der Waals surface area contributed by atoms with Crippen molar-refractivity contribution in [3.63, 3.8) is 0 Å². The molecule has 3 N–H and O–H groups in total. The maximum atomic E-state index is 13.4. The minimum Gasteiger partial charge on any atom is -0.444 e. The van der Waals surface area contributed by atoms with E-state index in [2.05, 4.69) is 116 Å². The van der Waals surface area contributed by atoms with Gasteiger partial charge in [-0.05, 0) is 117 Å². The van der Waals surface area contributed by atoms with Gasteiger partial charge in [0, 0.05) is 35.9 Å². The number of amides is 6. The maximum Gasteiger partial charge on any atom is 0.408 e. The molecule has 0 aromatic carbocycles. The van der Waals surface area contributed by atoms with E-state index in [1.54, 1.807) is 26.8 Å². The first kappa shape index (κ1) is 76.3. The highest BCUT2D eigenvalue weighted by molar-refractivity contribution is 5.89. The molecule has 468 valence electrons. The Morgan fingerprint density at radius 3 is 1.13 bits per heavy atom. The largest absolute Gasteiger partial charge is 0.444 e. The van der Waals surface area contributed by atoms with Gasteiger partial charge in [0.15, 0.2) is 0 Å². The lowest BCUT2D eigenvalue weighted by Crippen LogP contribution is -2.57. The monoisotopic (exact) mass is 1170 g/mol. The molecule has 6 amide bonds. The molecule has 5 aliphatic heterocycles. The third kappa shape index (κ3) is 25.0. The predicted octanol–water partition coefficient (Wildman–Crippen LogP) is 9.53. The van der Waals surface area contributed by atoms with E-state index in [1.807, 2.05) is 83.1 Å². The lowest BCUT2D eigenvalue weighted by molar-refractivity contribution is -0.193. The molecule has 12 atom stereocenters. The van der Waals surface area contributed by atoms with Crippen LogP contribution in [0.3, 0.4) is 0 Å². The Hall–Kier alpha value is -6.68. The average molecular weight is 1170 g/mol. The van der Waals surface area contributed by atoms with Crippen molar-refractivity contribution in [3.05, 3.63) is 49.6 Å². The van der Waals surface area contributed by atoms with Crippen LogP contribution in [0.5, 0.6) is 0 Å². The molecule has 5 rings (SSSR count). The fourth-order valence-electron chi connectivity index (χ4n) is 10.6. The quantitative estimate of drug-likeness (QED) is 0.158. The van der Waals surface area contributed by atoms with Crippen LogP contribution in [0.1, 0.15) is 184 Å². The number of likely N-dealkylation sites (tertiary alicyclic amines) is 1. The van der Waals surface area contributed by atoms with E-state index >= 15 is 0 Å². The average Bonchev–Trinajstić information content (AvgIpc) is 4.06. The molecule has 0 bridgehead atoms. The Morgan fingerprint density at radius 2 is 0.843 bits per heavy atom. The molecular weight excluding hydrogens is 1070 g/mol.